The maximum atomic E-state index is 13.1. The number of H-pyrrole nitrogens is 1. The molecular formula is C27H33N5O6. The Balaban J connectivity index is 1.64. The van der Waals surface area contributed by atoms with Crippen molar-refractivity contribution in [2.24, 2.45) is 5.92 Å². The van der Waals surface area contributed by atoms with Crippen LogP contribution in [0.25, 0.3) is 11.5 Å². The lowest BCUT2D eigenvalue weighted by Crippen LogP contribution is -2.52. The molecule has 11 heteroatoms. The molecule has 3 N–H and O–H groups in total. The van der Waals surface area contributed by atoms with Crippen molar-refractivity contribution in [1.82, 2.24) is 25.5 Å². The lowest BCUT2D eigenvalue weighted by atomic mass is 10.0. The average Bonchev–Trinajstić information content (AvgIpc) is 3.56. The van der Waals surface area contributed by atoms with E-state index in [1.165, 1.54) is 4.90 Å². The summed E-state index contributed by atoms with van der Waals surface area (Å²) < 4.78 is 17.3. The third kappa shape index (κ3) is 6.16. The van der Waals surface area contributed by atoms with Crippen molar-refractivity contribution in [3.63, 3.8) is 0 Å². The van der Waals surface area contributed by atoms with Crippen molar-refractivity contribution in [1.29, 1.82) is 0 Å². The van der Waals surface area contributed by atoms with Crippen molar-refractivity contribution in [2.45, 2.75) is 39.8 Å². The minimum absolute atomic E-state index is 0.129. The van der Waals surface area contributed by atoms with Gasteiger partial charge in [0.15, 0.2) is 11.5 Å². The molecule has 4 bridgehead atoms. The van der Waals surface area contributed by atoms with E-state index in [1.54, 1.807) is 44.5 Å². The number of rotatable bonds is 3. The van der Waals surface area contributed by atoms with Gasteiger partial charge in [0.05, 0.1) is 26.8 Å². The summed E-state index contributed by atoms with van der Waals surface area (Å²) in [4.78, 5) is 48.0. The Morgan fingerprint density at radius 2 is 2.05 bits per heavy atom. The molecule has 3 heterocycles. The fourth-order valence-electron chi connectivity index (χ4n) is 4.17. The molecule has 2 aromatic heterocycles. The number of nitrogens with one attached hydrogen (secondary N) is 3. The van der Waals surface area contributed by atoms with E-state index in [-0.39, 0.29) is 44.0 Å². The van der Waals surface area contributed by atoms with E-state index in [9.17, 15) is 14.4 Å². The highest BCUT2D eigenvalue weighted by Gasteiger charge is 2.27. The molecule has 0 fully saturated rings. The lowest BCUT2D eigenvalue weighted by Gasteiger charge is -2.25. The van der Waals surface area contributed by atoms with Crippen LogP contribution in [-0.2, 0) is 16.1 Å². The van der Waals surface area contributed by atoms with Gasteiger partial charge in [-0.1, -0.05) is 13.8 Å². The molecular weight excluding hydrogens is 490 g/mol. The minimum atomic E-state index is -0.789. The fourth-order valence-corrected chi connectivity index (χ4v) is 4.17. The zero-order valence-corrected chi connectivity index (χ0v) is 22.0. The Hall–Kier alpha value is -4.28. The van der Waals surface area contributed by atoms with Crippen molar-refractivity contribution in [2.75, 3.05) is 26.8 Å². The van der Waals surface area contributed by atoms with Crippen LogP contribution in [0.4, 0.5) is 0 Å². The van der Waals surface area contributed by atoms with Gasteiger partial charge < -0.3 is 34.4 Å². The van der Waals surface area contributed by atoms with Crippen molar-refractivity contribution < 1.29 is 28.3 Å². The van der Waals surface area contributed by atoms with Gasteiger partial charge >= 0.3 is 0 Å². The van der Waals surface area contributed by atoms with E-state index >= 15 is 0 Å². The third-order valence-electron chi connectivity index (χ3n) is 6.28. The summed E-state index contributed by atoms with van der Waals surface area (Å²) in [5.74, 6) is 0.706. The minimum Gasteiger partial charge on any atom is -0.493 e. The number of amides is 3. The van der Waals surface area contributed by atoms with E-state index in [2.05, 4.69) is 20.6 Å². The molecule has 0 saturated heterocycles. The van der Waals surface area contributed by atoms with Crippen LogP contribution in [0.5, 0.6) is 11.5 Å². The summed E-state index contributed by atoms with van der Waals surface area (Å²) in [5.41, 5.74) is 1.64. The Morgan fingerprint density at radius 1 is 1.24 bits per heavy atom. The van der Waals surface area contributed by atoms with E-state index in [0.29, 0.717) is 46.5 Å². The van der Waals surface area contributed by atoms with Gasteiger partial charge in [-0.15, -0.1) is 0 Å². The highest BCUT2D eigenvalue weighted by atomic mass is 16.5. The van der Waals surface area contributed by atoms with E-state index in [1.807, 2.05) is 19.9 Å². The second kappa shape index (κ2) is 11.8. The molecule has 0 spiro atoms. The van der Waals surface area contributed by atoms with Gasteiger partial charge in [0.1, 0.15) is 23.2 Å². The molecule has 0 radical (unpaired) electrons. The lowest BCUT2D eigenvalue weighted by molar-refractivity contribution is -0.130. The molecule has 0 saturated carbocycles. The van der Waals surface area contributed by atoms with E-state index in [0.717, 1.165) is 0 Å². The Morgan fingerprint density at radius 3 is 2.76 bits per heavy atom. The summed E-state index contributed by atoms with van der Waals surface area (Å²) in [7, 11) is 1.55. The van der Waals surface area contributed by atoms with Gasteiger partial charge in [-0.3, -0.25) is 14.4 Å². The first-order valence-electron chi connectivity index (χ1n) is 12.5. The third-order valence-corrected chi connectivity index (χ3v) is 6.28. The number of carbonyl (C=O) groups is 3. The van der Waals surface area contributed by atoms with Crippen LogP contribution in [-0.4, -0.2) is 65.4 Å². The number of hydrogen-bond acceptors (Lipinski definition) is 7. The number of fused-ring (bicyclic) bond motifs is 5. The van der Waals surface area contributed by atoms with Crippen LogP contribution in [0.2, 0.25) is 0 Å². The van der Waals surface area contributed by atoms with Gasteiger partial charge in [0, 0.05) is 18.3 Å². The monoisotopic (exact) mass is 523 g/mol. The molecule has 0 unspecified atom stereocenters. The quantitative estimate of drug-likeness (QED) is 0.480. The molecule has 1 aromatic carbocycles. The highest BCUT2D eigenvalue weighted by Crippen LogP contribution is 2.33. The largest absolute Gasteiger partial charge is 0.493 e. The Kier molecular flexibility index (Phi) is 8.35. The van der Waals surface area contributed by atoms with Crippen LogP contribution in [0.3, 0.4) is 0 Å². The molecule has 3 amide bonds. The zero-order valence-electron chi connectivity index (χ0n) is 22.0. The molecule has 1 aliphatic rings. The van der Waals surface area contributed by atoms with Crippen molar-refractivity contribution in [3.8, 4) is 23.0 Å². The van der Waals surface area contributed by atoms with Crippen molar-refractivity contribution >= 4 is 17.7 Å². The smallest absolute Gasteiger partial charge is 0.270 e. The number of aromatic nitrogens is 2. The summed E-state index contributed by atoms with van der Waals surface area (Å²) >= 11 is 0. The van der Waals surface area contributed by atoms with Crippen LogP contribution >= 0.6 is 0 Å². The number of oxazole rings is 1. The number of hydrogen-bond donors (Lipinski definition) is 3. The number of methoxy groups -OCH3 is 1. The normalized spacial score (nSPS) is 17.2. The van der Waals surface area contributed by atoms with Gasteiger partial charge in [0.2, 0.25) is 17.7 Å². The molecule has 3 aromatic rings. The first-order valence-corrected chi connectivity index (χ1v) is 12.5. The summed E-state index contributed by atoms with van der Waals surface area (Å²) in [6.45, 7) is 5.91. The molecule has 1 atom stereocenters. The molecule has 11 nitrogen and oxygen atoms in total. The van der Waals surface area contributed by atoms with Crippen LogP contribution in [0, 0.1) is 12.8 Å². The predicted octanol–water partition coefficient (Wildman–Crippen LogP) is 2.67. The second-order valence-corrected chi connectivity index (χ2v) is 9.41. The van der Waals surface area contributed by atoms with Gasteiger partial charge in [0.25, 0.3) is 5.91 Å². The number of aryl methyl sites for hydroxylation is 1. The standard InChI is InChI=1S/C27H33N5O6/c1-16(2)24-25(34)29-14-20-17(3)38-26(30-20)18-8-9-21(36-4)22(13-18)37-12-6-11-32(15-23(33)31-24)27(35)19-7-5-10-28-19/h5,7-10,13,16,24,28H,6,11-12,14-15H2,1-4H3,(H,29,34)(H,31,33)/t24-/m0/s1. The SMILES string of the molecule is COc1ccc2cc1OCCCN(C(=O)c1ccc[nH]1)CC(=O)N[C@@H](C(C)C)C(=O)NCc1nc-2oc1C. The number of carbonyl (C=O) groups excluding carboxylic acids is 3. The highest BCUT2D eigenvalue weighted by molar-refractivity contribution is 5.96. The zero-order chi connectivity index (χ0) is 27.2. The first kappa shape index (κ1) is 26.8. The van der Waals surface area contributed by atoms with E-state index < -0.39 is 11.9 Å². The molecule has 4 rings (SSSR count). The average molecular weight is 524 g/mol. The summed E-state index contributed by atoms with van der Waals surface area (Å²) in [6.07, 6.45) is 2.10. The maximum absolute atomic E-state index is 13.1. The molecule has 202 valence electrons. The second-order valence-electron chi connectivity index (χ2n) is 9.41. The molecule has 38 heavy (non-hydrogen) atoms. The Labute approximate surface area is 220 Å². The first-order chi connectivity index (χ1) is 18.3. The fraction of sp³-hybridized carbons (Fsp3) is 0.407. The summed E-state index contributed by atoms with van der Waals surface area (Å²) in [5, 5.41) is 5.64. The summed E-state index contributed by atoms with van der Waals surface area (Å²) in [6, 6.07) is 7.94. The van der Waals surface area contributed by atoms with Crippen LogP contribution < -0.4 is 20.1 Å². The van der Waals surface area contributed by atoms with Gasteiger partial charge in [-0.25, -0.2) is 4.98 Å². The predicted molar refractivity (Wildman–Crippen MR) is 139 cm³/mol. The number of nitrogens with zero attached hydrogens (tertiary/aromatic N) is 2. The maximum Gasteiger partial charge on any atom is 0.270 e. The number of aromatic amines is 1. The number of benzene rings is 1. The van der Waals surface area contributed by atoms with Crippen molar-refractivity contribution in [3.05, 3.63) is 53.7 Å². The molecule has 1 aliphatic heterocycles. The van der Waals surface area contributed by atoms with E-state index in [4.69, 9.17) is 13.9 Å². The van der Waals surface area contributed by atoms with Crippen LogP contribution in [0.1, 0.15) is 42.2 Å². The number of ether oxygens (including phenoxy) is 2. The van der Waals surface area contributed by atoms with Gasteiger partial charge in [-0.05, 0) is 49.6 Å². The Bertz CT molecular complexity index is 1280. The van der Waals surface area contributed by atoms with Crippen LogP contribution in [0.15, 0.2) is 40.9 Å². The topological polar surface area (TPSA) is 139 Å². The van der Waals surface area contributed by atoms with Gasteiger partial charge in [-0.2, -0.15) is 0 Å². The molecule has 0 aliphatic carbocycles.